The van der Waals surface area contributed by atoms with Crippen molar-refractivity contribution in [1.82, 2.24) is 14.9 Å². The Morgan fingerprint density at radius 1 is 1.21 bits per heavy atom. The number of nitrogens with one attached hydrogen (secondary N) is 1. The zero-order chi connectivity index (χ0) is 28.5. The maximum Gasteiger partial charge on any atom is 0.407 e. The van der Waals surface area contributed by atoms with E-state index in [1.165, 1.54) is 20.4 Å². The lowest BCUT2D eigenvalue weighted by Gasteiger charge is -2.22. The molecule has 2 aromatic heterocycles. The number of nitrogens with two attached hydrogens (primary N) is 1. The Labute approximate surface area is 224 Å². The predicted molar refractivity (Wildman–Crippen MR) is 143 cm³/mol. The van der Waals surface area contributed by atoms with Gasteiger partial charge >= 0.3 is 6.09 Å². The third-order valence-corrected chi connectivity index (χ3v) is 6.29. The molecule has 11 nitrogen and oxygen atoms in total. The summed E-state index contributed by atoms with van der Waals surface area (Å²) in [6, 6.07) is 6.03. The summed E-state index contributed by atoms with van der Waals surface area (Å²) in [5.41, 5.74) is 4.70. The van der Waals surface area contributed by atoms with Crippen molar-refractivity contribution in [2.45, 2.75) is 45.4 Å². The van der Waals surface area contributed by atoms with Crippen LogP contribution in [0, 0.1) is 5.82 Å². The summed E-state index contributed by atoms with van der Waals surface area (Å²) in [6.07, 6.45) is 1.32. The fourth-order valence-electron chi connectivity index (χ4n) is 4.50. The molecule has 0 bridgehead atoms. The van der Waals surface area contributed by atoms with Crippen molar-refractivity contribution in [3.8, 4) is 11.5 Å². The number of rotatable bonds is 7. The molecule has 1 fully saturated rings. The maximum absolute atomic E-state index is 15.3. The first-order valence-electron chi connectivity index (χ1n) is 12.4. The third-order valence-electron chi connectivity index (χ3n) is 6.29. The number of alkyl carbamates (subject to hydrolysis) is 1. The molecule has 2 amide bonds. The molecule has 1 atom stereocenters. The van der Waals surface area contributed by atoms with Gasteiger partial charge in [0.25, 0.3) is 5.91 Å². The number of anilines is 1. The van der Waals surface area contributed by atoms with Crippen LogP contribution in [0.3, 0.4) is 0 Å². The molecule has 1 aromatic carbocycles. The summed E-state index contributed by atoms with van der Waals surface area (Å²) in [4.78, 5) is 43.5. The quantitative estimate of drug-likeness (QED) is 0.466. The number of pyridine rings is 2. The summed E-state index contributed by atoms with van der Waals surface area (Å²) < 4.78 is 33.0. The Morgan fingerprint density at radius 3 is 2.59 bits per heavy atom. The molecule has 1 unspecified atom stereocenters. The fraction of sp³-hybridized carbons (Fsp3) is 0.407. The highest BCUT2D eigenvalue weighted by molar-refractivity contribution is 5.96. The molecule has 1 saturated heterocycles. The topological polar surface area (TPSA) is 138 Å². The van der Waals surface area contributed by atoms with Crippen molar-refractivity contribution in [2.75, 3.05) is 32.2 Å². The highest BCUT2D eigenvalue weighted by Gasteiger charge is 2.29. The van der Waals surface area contributed by atoms with Gasteiger partial charge in [-0.15, -0.1) is 0 Å². The van der Waals surface area contributed by atoms with E-state index in [1.807, 2.05) is 0 Å². The maximum atomic E-state index is 15.3. The van der Waals surface area contributed by atoms with Gasteiger partial charge in [-0.1, -0.05) is 0 Å². The van der Waals surface area contributed by atoms with Crippen LogP contribution >= 0.6 is 0 Å². The number of methoxy groups -OCH3 is 2. The van der Waals surface area contributed by atoms with Crippen LogP contribution in [-0.2, 0) is 11.3 Å². The van der Waals surface area contributed by atoms with Crippen LogP contribution in [0.1, 0.15) is 43.1 Å². The van der Waals surface area contributed by atoms with Crippen LogP contribution in [0.2, 0.25) is 0 Å². The second-order valence-corrected chi connectivity index (χ2v) is 10.3. The van der Waals surface area contributed by atoms with Gasteiger partial charge in [-0.3, -0.25) is 9.59 Å². The van der Waals surface area contributed by atoms with Crippen molar-refractivity contribution in [3.05, 3.63) is 57.6 Å². The number of nitrogens with zero attached hydrogens (tertiary/aromatic N) is 3. The first-order chi connectivity index (χ1) is 18.4. The molecule has 3 heterocycles. The van der Waals surface area contributed by atoms with Gasteiger partial charge in [0.15, 0.2) is 11.6 Å². The molecule has 3 aromatic rings. The highest BCUT2D eigenvalue weighted by Crippen LogP contribution is 2.28. The first kappa shape index (κ1) is 27.7. The minimum atomic E-state index is -0.933. The Hall–Kier alpha value is -4.35. The number of carbonyl (C=O) groups is 2. The van der Waals surface area contributed by atoms with E-state index in [-0.39, 0.29) is 35.0 Å². The number of halogens is 1. The Kier molecular flexibility index (Phi) is 7.66. The molecule has 0 saturated carbocycles. The Balaban J connectivity index is 1.73. The summed E-state index contributed by atoms with van der Waals surface area (Å²) >= 11 is 0. The summed E-state index contributed by atoms with van der Waals surface area (Å²) in [5.74, 6) is -0.535. The van der Waals surface area contributed by atoms with Gasteiger partial charge in [0.2, 0.25) is 5.43 Å². The SMILES string of the molecule is COc1ccc(Cn2cc(C(N)=O)c(=O)c3cc(F)c(N4CCC(NC(=O)OC(C)(C)C)C4)nc32)c(OC)c1. The smallest absolute Gasteiger partial charge is 0.407 e. The van der Waals surface area contributed by atoms with Crippen LogP contribution in [0.25, 0.3) is 11.0 Å². The minimum absolute atomic E-state index is 0.0256. The molecule has 0 radical (unpaired) electrons. The molecule has 0 aliphatic carbocycles. The van der Waals surface area contributed by atoms with Crippen molar-refractivity contribution in [2.24, 2.45) is 5.73 Å². The Bertz CT molecular complexity index is 1480. The third kappa shape index (κ3) is 6.05. The van der Waals surface area contributed by atoms with Gasteiger partial charge in [0, 0.05) is 30.9 Å². The van der Waals surface area contributed by atoms with Gasteiger partial charge in [-0.2, -0.15) is 0 Å². The van der Waals surface area contributed by atoms with Crippen LogP contribution in [-0.4, -0.2) is 60.5 Å². The van der Waals surface area contributed by atoms with Crippen molar-refractivity contribution in [3.63, 3.8) is 0 Å². The van der Waals surface area contributed by atoms with Crippen LogP contribution in [0.5, 0.6) is 11.5 Å². The highest BCUT2D eigenvalue weighted by atomic mass is 19.1. The van der Waals surface area contributed by atoms with Gasteiger partial charge in [-0.25, -0.2) is 14.2 Å². The summed E-state index contributed by atoms with van der Waals surface area (Å²) in [5, 5.41) is 2.72. The molecule has 1 aliphatic heterocycles. The van der Waals surface area contributed by atoms with E-state index < -0.39 is 28.8 Å². The lowest BCUT2D eigenvalue weighted by Crippen LogP contribution is -2.40. The molecular formula is C27H32FN5O6. The number of ether oxygens (including phenoxy) is 3. The first-order valence-corrected chi connectivity index (χ1v) is 12.4. The average molecular weight is 542 g/mol. The average Bonchev–Trinajstić information content (AvgIpc) is 3.32. The molecule has 208 valence electrons. The van der Waals surface area contributed by atoms with E-state index in [0.717, 1.165) is 6.07 Å². The molecule has 1 aliphatic rings. The summed E-state index contributed by atoms with van der Waals surface area (Å²) in [6.45, 7) is 6.17. The molecule has 12 heteroatoms. The Morgan fingerprint density at radius 2 is 1.95 bits per heavy atom. The van der Waals surface area contributed by atoms with E-state index in [4.69, 9.17) is 19.9 Å². The predicted octanol–water partition coefficient (Wildman–Crippen LogP) is 2.80. The van der Waals surface area contributed by atoms with Gasteiger partial charge in [0.05, 0.1) is 32.2 Å². The lowest BCUT2D eigenvalue weighted by molar-refractivity contribution is 0.0508. The fourth-order valence-corrected chi connectivity index (χ4v) is 4.50. The van der Waals surface area contributed by atoms with E-state index in [1.54, 1.807) is 48.4 Å². The van der Waals surface area contributed by atoms with E-state index in [9.17, 15) is 14.4 Å². The molecule has 3 N–H and O–H groups in total. The second kappa shape index (κ2) is 10.8. The lowest BCUT2D eigenvalue weighted by atomic mass is 10.1. The minimum Gasteiger partial charge on any atom is -0.497 e. The zero-order valence-corrected chi connectivity index (χ0v) is 22.5. The van der Waals surface area contributed by atoms with Crippen LogP contribution in [0.4, 0.5) is 15.0 Å². The number of amides is 2. The van der Waals surface area contributed by atoms with Crippen LogP contribution in [0.15, 0.2) is 35.3 Å². The number of fused-ring (bicyclic) bond motifs is 1. The van der Waals surface area contributed by atoms with Crippen molar-refractivity contribution >= 4 is 28.9 Å². The van der Waals surface area contributed by atoms with Gasteiger partial charge in [0.1, 0.15) is 28.3 Å². The molecule has 4 rings (SSSR count). The number of hydrogen-bond donors (Lipinski definition) is 2. The number of aromatic nitrogens is 2. The number of benzene rings is 1. The molecule has 39 heavy (non-hydrogen) atoms. The molecule has 0 spiro atoms. The number of primary amides is 1. The second-order valence-electron chi connectivity index (χ2n) is 10.3. The van der Waals surface area contributed by atoms with Crippen molar-refractivity contribution < 1.29 is 28.2 Å². The van der Waals surface area contributed by atoms with Crippen LogP contribution < -0.4 is 30.9 Å². The largest absolute Gasteiger partial charge is 0.497 e. The zero-order valence-electron chi connectivity index (χ0n) is 22.5. The molecular weight excluding hydrogens is 509 g/mol. The monoisotopic (exact) mass is 541 g/mol. The number of hydrogen-bond acceptors (Lipinski definition) is 8. The normalized spacial score (nSPS) is 15.3. The van der Waals surface area contributed by atoms with Crippen molar-refractivity contribution in [1.29, 1.82) is 0 Å². The van der Waals surface area contributed by atoms with E-state index in [0.29, 0.717) is 36.6 Å². The van der Waals surface area contributed by atoms with E-state index >= 15 is 4.39 Å². The number of carbonyl (C=O) groups excluding carboxylic acids is 2. The van der Waals surface area contributed by atoms with E-state index in [2.05, 4.69) is 10.3 Å². The standard InChI is InChI=1S/C27H32FN5O6/c1-27(2,3)39-26(36)30-16-8-9-32(13-16)25-20(28)11-18-22(34)19(23(29)35)14-33(24(18)31-25)12-15-6-7-17(37-4)10-21(15)38-5/h6-7,10-11,14,16H,8-9,12-13H2,1-5H3,(H2,29,35)(H,30,36). The van der Waals surface area contributed by atoms with Gasteiger partial charge in [-0.05, 0) is 45.4 Å². The van der Waals surface area contributed by atoms with Gasteiger partial charge < -0.3 is 34.7 Å². The summed E-state index contributed by atoms with van der Waals surface area (Å²) in [7, 11) is 3.05.